The molecule has 0 radical (unpaired) electrons. The third-order valence-corrected chi connectivity index (χ3v) is 2.65. The molecule has 0 aliphatic carbocycles. The maximum atomic E-state index is 12.3. The van der Waals surface area contributed by atoms with E-state index in [1.165, 1.54) is 30.6 Å². The lowest BCUT2D eigenvalue weighted by Gasteiger charge is -2.13. The van der Waals surface area contributed by atoms with Crippen molar-refractivity contribution in [3.8, 4) is 5.75 Å². The van der Waals surface area contributed by atoms with E-state index in [4.69, 9.17) is 0 Å². The molecule has 0 aliphatic heterocycles. The fraction of sp³-hybridized carbons (Fsp3) is 0.214. The van der Waals surface area contributed by atoms with Crippen molar-refractivity contribution < 1.29 is 22.7 Å². The van der Waals surface area contributed by atoms with Crippen LogP contribution in [0.2, 0.25) is 0 Å². The lowest BCUT2D eigenvalue weighted by atomic mass is 10.2. The van der Waals surface area contributed by atoms with Gasteiger partial charge in [0.25, 0.3) is 5.91 Å². The number of para-hydroxylation sites is 1. The first-order valence-electron chi connectivity index (χ1n) is 6.25. The van der Waals surface area contributed by atoms with Crippen LogP contribution in [0.5, 0.6) is 5.75 Å². The van der Waals surface area contributed by atoms with Gasteiger partial charge in [-0.15, -0.1) is 13.2 Å². The van der Waals surface area contributed by atoms with Crippen molar-refractivity contribution in [2.75, 3.05) is 0 Å². The van der Waals surface area contributed by atoms with Gasteiger partial charge in [0.2, 0.25) is 0 Å². The number of halogens is 3. The number of carbonyl (C=O) groups excluding carboxylic acids is 1. The molecule has 0 fully saturated rings. The van der Waals surface area contributed by atoms with E-state index in [1.807, 2.05) is 0 Å². The molecule has 0 saturated heterocycles. The minimum Gasteiger partial charge on any atom is -0.405 e. The molecular formula is C14H12F3N3O2. The molecule has 0 saturated carbocycles. The summed E-state index contributed by atoms with van der Waals surface area (Å²) in [7, 11) is 0. The predicted molar refractivity (Wildman–Crippen MR) is 71.1 cm³/mol. The van der Waals surface area contributed by atoms with Gasteiger partial charge in [-0.1, -0.05) is 18.2 Å². The molecular weight excluding hydrogens is 299 g/mol. The first-order chi connectivity index (χ1) is 10.3. The summed E-state index contributed by atoms with van der Waals surface area (Å²) in [4.78, 5) is 19.7. The average Bonchev–Trinajstić information content (AvgIpc) is 2.45. The Balaban J connectivity index is 2.05. The molecule has 5 nitrogen and oxygen atoms in total. The van der Waals surface area contributed by atoms with Gasteiger partial charge in [0.05, 0.1) is 11.9 Å². The van der Waals surface area contributed by atoms with E-state index in [0.717, 1.165) is 0 Å². The van der Waals surface area contributed by atoms with Crippen molar-refractivity contribution in [1.29, 1.82) is 0 Å². The highest BCUT2D eigenvalue weighted by Crippen LogP contribution is 2.26. The van der Waals surface area contributed by atoms with E-state index in [9.17, 15) is 18.0 Å². The standard InChI is InChI=1S/C14H12F3N3O2/c1-9-6-19-11(8-18-9)13(21)20-7-10-4-2-3-5-12(10)22-14(15,16)17/h2-6,8H,7H2,1H3,(H,20,21). The number of hydrogen-bond acceptors (Lipinski definition) is 4. The summed E-state index contributed by atoms with van der Waals surface area (Å²) in [6, 6.07) is 5.58. The number of aromatic nitrogens is 2. The number of nitrogens with zero attached hydrogens (tertiary/aromatic N) is 2. The molecule has 1 aromatic carbocycles. The van der Waals surface area contributed by atoms with E-state index >= 15 is 0 Å². The molecule has 1 heterocycles. The third-order valence-electron chi connectivity index (χ3n) is 2.65. The zero-order valence-electron chi connectivity index (χ0n) is 11.5. The number of carbonyl (C=O) groups is 1. The molecule has 0 unspecified atom stereocenters. The van der Waals surface area contributed by atoms with Gasteiger partial charge in [0.1, 0.15) is 11.4 Å². The van der Waals surface area contributed by atoms with Crippen LogP contribution in [0.1, 0.15) is 21.7 Å². The van der Waals surface area contributed by atoms with Gasteiger partial charge in [0, 0.05) is 18.3 Å². The molecule has 22 heavy (non-hydrogen) atoms. The van der Waals surface area contributed by atoms with Crippen molar-refractivity contribution in [2.24, 2.45) is 0 Å². The van der Waals surface area contributed by atoms with Crippen molar-refractivity contribution in [1.82, 2.24) is 15.3 Å². The summed E-state index contributed by atoms with van der Waals surface area (Å²) in [5.41, 5.74) is 0.938. The lowest BCUT2D eigenvalue weighted by molar-refractivity contribution is -0.274. The van der Waals surface area contributed by atoms with Crippen LogP contribution in [-0.2, 0) is 6.54 Å². The van der Waals surface area contributed by atoms with E-state index in [2.05, 4.69) is 20.0 Å². The summed E-state index contributed by atoms with van der Waals surface area (Å²) < 4.78 is 40.8. The quantitative estimate of drug-likeness (QED) is 0.942. The first-order valence-corrected chi connectivity index (χ1v) is 6.25. The number of hydrogen-bond donors (Lipinski definition) is 1. The van der Waals surface area contributed by atoms with Crippen LogP contribution < -0.4 is 10.1 Å². The maximum absolute atomic E-state index is 12.3. The molecule has 1 aromatic heterocycles. The van der Waals surface area contributed by atoms with Crippen molar-refractivity contribution in [2.45, 2.75) is 19.8 Å². The highest BCUT2D eigenvalue weighted by Gasteiger charge is 2.31. The number of benzene rings is 1. The smallest absolute Gasteiger partial charge is 0.405 e. The Kier molecular flexibility index (Phi) is 4.59. The van der Waals surface area contributed by atoms with Crippen LogP contribution in [0.25, 0.3) is 0 Å². The molecule has 1 amide bonds. The van der Waals surface area contributed by atoms with Crippen LogP contribution in [0.4, 0.5) is 13.2 Å². The normalized spacial score (nSPS) is 11.1. The van der Waals surface area contributed by atoms with Crippen LogP contribution in [0, 0.1) is 6.92 Å². The Morgan fingerprint density at radius 3 is 2.59 bits per heavy atom. The molecule has 0 bridgehead atoms. The second-order valence-electron chi connectivity index (χ2n) is 4.38. The average molecular weight is 311 g/mol. The van der Waals surface area contributed by atoms with Crippen LogP contribution >= 0.6 is 0 Å². The van der Waals surface area contributed by atoms with Crippen molar-refractivity contribution in [3.63, 3.8) is 0 Å². The van der Waals surface area contributed by atoms with E-state index in [1.54, 1.807) is 13.0 Å². The minimum absolute atomic E-state index is 0.0832. The molecule has 2 rings (SSSR count). The first kappa shape index (κ1) is 15.7. The second-order valence-corrected chi connectivity index (χ2v) is 4.38. The van der Waals surface area contributed by atoms with Gasteiger partial charge in [-0.05, 0) is 13.0 Å². The van der Waals surface area contributed by atoms with E-state index < -0.39 is 12.3 Å². The molecule has 0 aliphatic rings. The van der Waals surface area contributed by atoms with Crippen molar-refractivity contribution >= 4 is 5.91 Å². The second kappa shape index (κ2) is 6.42. The summed E-state index contributed by atoms with van der Waals surface area (Å²) in [5.74, 6) is -0.889. The monoisotopic (exact) mass is 311 g/mol. The SMILES string of the molecule is Cc1cnc(C(=O)NCc2ccccc2OC(F)(F)F)cn1. The molecule has 0 spiro atoms. The van der Waals surface area contributed by atoms with Crippen LogP contribution in [0.3, 0.4) is 0 Å². The fourth-order valence-electron chi connectivity index (χ4n) is 1.65. The van der Waals surface area contributed by atoms with Gasteiger partial charge in [-0.2, -0.15) is 0 Å². The predicted octanol–water partition coefficient (Wildman–Crippen LogP) is 2.61. The summed E-state index contributed by atoms with van der Waals surface area (Å²) in [6.45, 7) is 1.60. The fourth-order valence-corrected chi connectivity index (χ4v) is 1.65. The number of alkyl halides is 3. The topological polar surface area (TPSA) is 64.1 Å². The van der Waals surface area contributed by atoms with Crippen LogP contribution in [-0.4, -0.2) is 22.2 Å². The van der Waals surface area contributed by atoms with Crippen LogP contribution in [0.15, 0.2) is 36.7 Å². The van der Waals surface area contributed by atoms with Crippen molar-refractivity contribution in [3.05, 3.63) is 53.6 Å². The maximum Gasteiger partial charge on any atom is 0.573 e. The van der Waals surface area contributed by atoms with Gasteiger partial charge in [-0.25, -0.2) is 4.98 Å². The minimum atomic E-state index is -4.79. The highest BCUT2D eigenvalue weighted by atomic mass is 19.4. The zero-order valence-corrected chi connectivity index (χ0v) is 11.5. The Labute approximate surface area is 124 Å². The molecule has 1 N–H and O–H groups in total. The molecule has 8 heteroatoms. The largest absolute Gasteiger partial charge is 0.573 e. The number of amides is 1. The number of ether oxygens (including phenoxy) is 1. The number of aryl methyl sites for hydroxylation is 1. The van der Waals surface area contributed by atoms with Gasteiger partial charge in [0.15, 0.2) is 0 Å². The molecule has 0 atom stereocenters. The van der Waals surface area contributed by atoms with E-state index in [0.29, 0.717) is 5.69 Å². The summed E-state index contributed by atoms with van der Waals surface area (Å²) >= 11 is 0. The summed E-state index contributed by atoms with van der Waals surface area (Å²) in [6.07, 6.45) is -2.07. The highest BCUT2D eigenvalue weighted by molar-refractivity contribution is 5.91. The molecule has 116 valence electrons. The van der Waals surface area contributed by atoms with Gasteiger partial charge in [-0.3, -0.25) is 9.78 Å². The number of nitrogens with one attached hydrogen (secondary N) is 1. The third kappa shape index (κ3) is 4.44. The van der Waals surface area contributed by atoms with Gasteiger partial charge < -0.3 is 10.1 Å². The Morgan fingerprint density at radius 2 is 1.95 bits per heavy atom. The number of rotatable bonds is 4. The van der Waals surface area contributed by atoms with Gasteiger partial charge >= 0.3 is 6.36 Å². The molecule has 2 aromatic rings. The zero-order chi connectivity index (χ0) is 16.2. The Hall–Kier alpha value is -2.64. The lowest BCUT2D eigenvalue weighted by Crippen LogP contribution is -2.25. The van der Waals surface area contributed by atoms with E-state index in [-0.39, 0.29) is 23.6 Å². The summed E-state index contributed by atoms with van der Waals surface area (Å²) in [5, 5.41) is 2.47. The Morgan fingerprint density at radius 1 is 1.23 bits per heavy atom. The Bertz CT molecular complexity index is 657.